The van der Waals surface area contributed by atoms with E-state index in [0.29, 0.717) is 5.56 Å². The highest BCUT2D eigenvalue weighted by molar-refractivity contribution is 7.97. The van der Waals surface area contributed by atoms with Gasteiger partial charge in [0.05, 0.1) is 5.56 Å². The Kier molecular flexibility index (Phi) is 7.80. The number of aromatic nitrogens is 1. The molecule has 146 valence electrons. The first-order valence-electron chi connectivity index (χ1n) is 9.98. The predicted octanol–water partition coefficient (Wildman–Crippen LogP) is 6.16. The summed E-state index contributed by atoms with van der Waals surface area (Å²) in [7, 11) is 0. The maximum Gasteiger partial charge on any atom is 0.262 e. The second-order valence-corrected chi connectivity index (χ2v) is 7.88. The Bertz CT molecular complexity index is 856. The van der Waals surface area contributed by atoms with Crippen LogP contribution in [0.2, 0.25) is 0 Å². The lowest BCUT2D eigenvalue weighted by Crippen LogP contribution is -2.15. The van der Waals surface area contributed by atoms with Gasteiger partial charge in [-0.15, -0.1) is 0 Å². The molecule has 2 aromatic carbocycles. The lowest BCUT2D eigenvalue weighted by molar-refractivity contribution is 0.0984. The van der Waals surface area contributed by atoms with Gasteiger partial charge in [-0.3, -0.25) is 9.52 Å². The van der Waals surface area contributed by atoms with Crippen LogP contribution >= 0.6 is 11.9 Å². The Morgan fingerprint density at radius 2 is 1.68 bits per heavy atom. The molecule has 28 heavy (non-hydrogen) atoms. The van der Waals surface area contributed by atoms with Gasteiger partial charge >= 0.3 is 0 Å². The fourth-order valence-corrected chi connectivity index (χ4v) is 3.79. The molecule has 0 saturated carbocycles. The molecule has 1 amide bonds. The monoisotopic (exact) mass is 392 g/mol. The zero-order valence-electron chi connectivity index (χ0n) is 16.4. The van der Waals surface area contributed by atoms with Crippen molar-refractivity contribution in [2.24, 2.45) is 0 Å². The molecule has 0 saturated heterocycles. The van der Waals surface area contributed by atoms with E-state index in [2.05, 4.69) is 64.7 Å². The van der Waals surface area contributed by atoms with Crippen LogP contribution in [0.1, 0.15) is 48.5 Å². The number of nitrogens with one attached hydrogen (secondary N) is 1. The van der Waals surface area contributed by atoms with Crippen molar-refractivity contribution < 1.29 is 4.79 Å². The van der Waals surface area contributed by atoms with E-state index in [0.717, 1.165) is 18.7 Å². The van der Waals surface area contributed by atoms with E-state index >= 15 is 0 Å². The summed E-state index contributed by atoms with van der Waals surface area (Å²) >= 11 is 1.51. The lowest BCUT2D eigenvalue weighted by Gasteiger charge is -2.06. The summed E-state index contributed by atoms with van der Waals surface area (Å²) in [5.74, 6) is 0.957. The number of nitrogens with zero attached hydrogens (tertiary/aromatic N) is 1. The fourth-order valence-electron chi connectivity index (χ4n) is 3.09. The van der Waals surface area contributed by atoms with E-state index in [1.807, 2.05) is 24.5 Å². The second kappa shape index (κ2) is 10.8. The van der Waals surface area contributed by atoms with Crippen molar-refractivity contribution in [3.8, 4) is 11.1 Å². The zero-order chi connectivity index (χ0) is 19.6. The summed E-state index contributed by atoms with van der Waals surface area (Å²) in [6, 6.07) is 20.9. The highest BCUT2D eigenvalue weighted by atomic mass is 32.2. The molecule has 1 N–H and O–H groups in total. The van der Waals surface area contributed by atoms with Crippen LogP contribution in [0.25, 0.3) is 11.1 Å². The number of rotatable bonds is 10. The number of hydrogen-bond donors (Lipinski definition) is 1. The van der Waals surface area contributed by atoms with Crippen molar-refractivity contribution in [1.29, 1.82) is 0 Å². The Morgan fingerprint density at radius 3 is 2.43 bits per heavy atom. The van der Waals surface area contributed by atoms with Crippen LogP contribution in [-0.4, -0.2) is 16.2 Å². The third kappa shape index (κ3) is 6.03. The molecule has 3 aromatic rings. The molecule has 0 aliphatic heterocycles. The molecule has 4 heteroatoms. The van der Waals surface area contributed by atoms with Crippen LogP contribution in [0.5, 0.6) is 0 Å². The van der Waals surface area contributed by atoms with Gasteiger partial charge in [0.15, 0.2) is 0 Å². The van der Waals surface area contributed by atoms with Gasteiger partial charge in [-0.1, -0.05) is 92.7 Å². The first-order chi connectivity index (χ1) is 13.8. The highest BCUT2D eigenvalue weighted by Gasteiger charge is 2.07. The maximum atomic E-state index is 12.3. The Morgan fingerprint density at radius 1 is 0.929 bits per heavy atom. The van der Waals surface area contributed by atoms with Crippen molar-refractivity contribution in [3.63, 3.8) is 0 Å². The summed E-state index contributed by atoms with van der Waals surface area (Å²) in [6.45, 7) is 2.96. The van der Waals surface area contributed by atoms with Gasteiger partial charge in [0.25, 0.3) is 5.91 Å². The average Bonchev–Trinajstić information content (AvgIpc) is 3.20. The topological polar surface area (TPSA) is 34.0 Å². The van der Waals surface area contributed by atoms with E-state index in [1.165, 1.54) is 47.9 Å². The lowest BCUT2D eigenvalue weighted by atomic mass is 10.0. The van der Waals surface area contributed by atoms with Crippen molar-refractivity contribution in [1.82, 2.24) is 9.29 Å². The van der Waals surface area contributed by atoms with Crippen molar-refractivity contribution in [2.45, 2.75) is 39.2 Å². The van der Waals surface area contributed by atoms with Gasteiger partial charge in [-0.2, -0.15) is 0 Å². The minimum absolute atomic E-state index is 0.0151. The van der Waals surface area contributed by atoms with Crippen LogP contribution in [0.4, 0.5) is 0 Å². The summed E-state index contributed by atoms with van der Waals surface area (Å²) in [4.78, 5) is 12.3. The molecule has 3 nitrogen and oxygen atoms in total. The third-order valence-corrected chi connectivity index (χ3v) is 5.53. The zero-order valence-corrected chi connectivity index (χ0v) is 17.3. The summed E-state index contributed by atoms with van der Waals surface area (Å²) < 4.78 is 5.00. The van der Waals surface area contributed by atoms with Gasteiger partial charge in [0, 0.05) is 24.7 Å². The molecule has 0 atom stereocenters. The molecule has 0 aliphatic rings. The van der Waals surface area contributed by atoms with Gasteiger partial charge < -0.3 is 4.57 Å². The quantitative estimate of drug-likeness (QED) is 0.331. The van der Waals surface area contributed by atoms with Crippen LogP contribution in [-0.2, 0) is 6.54 Å². The van der Waals surface area contributed by atoms with E-state index < -0.39 is 0 Å². The van der Waals surface area contributed by atoms with Crippen LogP contribution < -0.4 is 4.72 Å². The predicted molar refractivity (Wildman–Crippen MR) is 119 cm³/mol. The molecule has 0 aliphatic carbocycles. The average molecular weight is 393 g/mol. The van der Waals surface area contributed by atoms with Crippen molar-refractivity contribution in [3.05, 3.63) is 84.2 Å². The molecule has 1 aromatic heterocycles. The summed E-state index contributed by atoms with van der Waals surface area (Å²) in [6.07, 6.45) is 8.77. The first kappa shape index (κ1) is 20.3. The van der Waals surface area contributed by atoms with E-state index in [-0.39, 0.29) is 5.91 Å². The summed E-state index contributed by atoms with van der Waals surface area (Å²) in [5.41, 5.74) is 4.36. The Balaban J connectivity index is 1.49. The van der Waals surface area contributed by atoms with E-state index in [4.69, 9.17) is 0 Å². The smallest absolute Gasteiger partial charge is 0.262 e. The van der Waals surface area contributed by atoms with Gasteiger partial charge in [0.2, 0.25) is 0 Å². The number of hydrogen-bond acceptors (Lipinski definition) is 2. The van der Waals surface area contributed by atoms with Crippen molar-refractivity contribution >= 4 is 17.9 Å². The van der Waals surface area contributed by atoms with Crippen LogP contribution in [0.3, 0.4) is 0 Å². The fraction of sp³-hybridized carbons (Fsp3) is 0.292. The van der Waals surface area contributed by atoms with Gasteiger partial charge in [-0.25, -0.2) is 0 Å². The number of carbonyl (C=O) groups is 1. The largest absolute Gasteiger partial charge is 0.349 e. The van der Waals surface area contributed by atoms with Crippen LogP contribution in [0, 0.1) is 0 Å². The molecule has 0 radical (unpaired) electrons. The standard InChI is InChI=1S/C24H28N2OS/c1-2-3-4-8-17-28-25-24(27)23-15-16-26(19-23)18-20-11-13-22(14-12-20)21-9-6-5-7-10-21/h5-7,9-16,19H,2-4,8,17-18H2,1H3,(H,25,27). The summed E-state index contributed by atoms with van der Waals surface area (Å²) in [5, 5.41) is 0. The number of carbonyl (C=O) groups excluding carboxylic acids is 1. The molecular weight excluding hydrogens is 364 g/mol. The normalized spacial score (nSPS) is 10.8. The minimum atomic E-state index is -0.0151. The first-order valence-corrected chi connectivity index (χ1v) is 11.0. The number of unbranched alkanes of at least 4 members (excludes halogenated alkanes) is 3. The molecule has 1 heterocycles. The molecule has 0 spiro atoms. The third-order valence-electron chi connectivity index (χ3n) is 4.70. The molecule has 3 rings (SSSR count). The number of benzene rings is 2. The Labute approximate surface area is 172 Å². The maximum absolute atomic E-state index is 12.3. The van der Waals surface area contributed by atoms with Gasteiger partial charge in [-0.05, 0) is 29.2 Å². The highest BCUT2D eigenvalue weighted by Crippen LogP contribution is 2.19. The molecule has 0 unspecified atom stereocenters. The number of amides is 1. The SMILES string of the molecule is CCCCCCSNC(=O)c1ccn(Cc2ccc(-c3ccccc3)cc2)c1. The minimum Gasteiger partial charge on any atom is -0.349 e. The van der Waals surface area contributed by atoms with Crippen molar-refractivity contribution in [2.75, 3.05) is 5.75 Å². The van der Waals surface area contributed by atoms with E-state index in [9.17, 15) is 4.79 Å². The molecular formula is C24H28N2OS. The second-order valence-electron chi connectivity index (χ2n) is 6.98. The Hall–Kier alpha value is -2.46. The molecule has 0 fully saturated rings. The van der Waals surface area contributed by atoms with E-state index in [1.54, 1.807) is 0 Å². The van der Waals surface area contributed by atoms with Gasteiger partial charge in [0.1, 0.15) is 0 Å². The molecule has 0 bridgehead atoms. The van der Waals surface area contributed by atoms with Crippen LogP contribution in [0.15, 0.2) is 73.1 Å².